The summed E-state index contributed by atoms with van der Waals surface area (Å²) in [5.74, 6) is 0. The summed E-state index contributed by atoms with van der Waals surface area (Å²) in [4.78, 5) is 0. The summed E-state index contributed by atoms with van der Waals surface area (Å²) in [5.41, 5.74) is 0. The highest BCUT2D eigenvalue weighted by molar-refractivity contribution is 8.18. The van der Waals surface area contributed by atoms with Crippen LogP contribution in [0.4, 0.5) is 0 Å². The Labute approximate surface area is 71.0 Å². The molecule has 1 aliphatic heterocycles. The third kappa shape index (κ3) is 2.36. The predicted octanol–water partition coefficient (Wildman–Crippen LogP) is 1.95. The highest BCUT2D eigenvalue weighted by Gasteiger charge is 2.23. The van der Waals surface area contributed by atoms with Gasteiger partial charge >= 0.3 is 0 Å². The van der Waals surface area contributed by atoms with Gasteiger partial charge in [0.2, 0.25) is 0 Å². The van der Waals surface area contributed by atoms with Crippen molar-refractivity contribution in [3.05, 3.63) is 0 Å². The quantitative estimate of drug-likeness (QED) is 0.663. The lowest BCUT2D eigenvalue weighted by Crippen LogP contribution is -2.21. The number of aliphatic hydroxyl groups is 1. The Hall–Kier alpha value is 0.660. The van der Waals surface area contributed by atoms with E-state index in [1.807, 2.05) is 23.5 Å². The van der Waals surface area contributed by atoms with Gasteiger partial charge in [0.25, 0.3) is 0 Å². The molecule has 1 N–H and O–H groups in total. The molecule has 1 fully saturated rings. The van der Waals surface area contributed by atoms with Crippen molar-refractivity contribution in [2.45, 2.75) is 35.4 Å². The van der Waals surface area contributed by atoms with Gasteiger partial charge in [0.1, 0.15) is 0 Å². The van der Waals surface area contributed by atoms with E-state index < -0.39 is 0 Å². The van der Waals surface area contributed by atoms with Crippen LogP contribution in [0.1, 0.15) is 20.3 Å². The molecule has 1 aliphatic rings. The van der Waals surface area contributed by atoms with E-state index in [0.717, 1.165) is 10.5 Å². The fourth-order valence-corrected chi connectivity index (χ4v) is 4.74. The van der Waals surface area contributed by atoms with Crippen LogP contribution in [0.2, 0.25) is 0 Å². The average molecular weight is 178 g/mol. The largest absolute Gasteiger partial charge is 0.394 e. The van der Waals surface area contributed by atoms with Crippen molar-refractivity contribution < 1.29 is 5.11 Å². The summed E-state index contributed by atoms with van der Waals surface area (Å²) in [6, 6.07) is 0. The molecule has 0 saturated carbocycles. The molecule has 0 bridgehead atoms. The van der Waals surface area contributed by atoms with Crippen molar-refractivity contribution >= 4 is 23.5 Å². The van der Waals surface area contributed by atoms with Gasteiger partial charge in [-0.15, -0.1) is 23.5 Å². The zero-order valence-electron chi connectivity index (χ0n) is 6.41. The molecule has 2 atom stereocenters. The van der Waals surface area contributed by atoms with Gasteiger partial charge in [-0.25, -0.2) is 0 Å². The highest BCUT2D eigenvalue weighted by Crippen LogP contribution is 2.39. The number of hydrogen-bond acceptors (Lipinski definition) is 3. The number of aliphatic hydroxyl groups excluding tert-OH is 1. The Morgan fingerprint density at radius 1 is 1.30 bits per heavy atom. The molecule has 1 heterocycles. The van der Waals surface area contributed by atoms with Crippen LogP contribution in [0, 0.1) is 0 Å². The van der Waals surface area contributed by atoms with Crippen LogP contribution in [0.15, 0.2) is 0 Å². The highest BCUT2D eigenvalue weighted by atomic mass is 32.2. The number of rotatable bonds is 1. The molecular weight excluding hydrogens is 164 g/mol. The minimum Gasteiger partial charge on any atom is -0.394 e. The molecular formula is C7H14OS2. The van der Waals surface area contributed by atoms with Gasteiger partial charge < -0.3 is 5.11 Å². The molecule has 10 heavy (non-hydrogen) atoms. The van der Waals surface area contributed by atoms with Crippen LogP contribution in [-0.4, -0.2) is 26.8 Å². The maximum Gasteiger partial charge on any atom is 0.0738 e. The van der Waals surface area contributed by atoms with Gasteiger partial charge in [-0.3, -0.25) is 0 Å². The molecule has 3 heteroatoms. The van der Waals surface area contributed by atoms with Gasteiger partial charge in [0.15, 0.2) is 0 Å². The predicted molar refractivity (Wildman–Crippen MR) is 49.6 cm³/mol. The molecule has 0 aliphatic carbocycles. The first-order valence-electron chi connectivity index (χ1n) is 3.64. The van der Waals surface area contributed by atoms with Gasteiger partial charge in [-0.05, 0) is 6.42 Å². The van der Waals surface area contributed by atoms with Gasteiger partial charge in [-0.2, -0.15) is 0 Å². The van der Waals surface area contributed by atoms with Crippen molar-refractivity contribution in [3.63, 3.8) is 0 Å². The first-order chi connectivity index (χ1) is 4.72. The standard InChI is InChI=1S/C7H14OS2/c1-5-3-6(2)10-7(4-8)9-5/h5-8H,3-4H2,1-2H3. The third-order valence-electron chi connectivity index (χ3n) is 1.58. The molecule has 0 spiro atoms. The monoisotopic (exact) mass is 178 g/mol. The summed E-state index contributed by atoms with van der Waals surface area (Å²) in [6.07, 6.45) is 1.28. The molecule has 60 valence electrons. The van der Waals surface area contributed by atoms with E-state index >= 15 is 0 Å². The van der Waals surface area contributed by atoms with E-state index in [4.69, 9.17) is 5.11 Å². The Morgan fingerprint density at radius 3 is 2.20 bits per heavy atom. The Kier molecular flexibility index (Phi) is 3.40. The minimum atomic E-state index is 0.323. The second-order valence-corrected chi connectivity index (χ2v) is 6.33. The maximum atomic E-state index is 8.88. The van der Waals surface area contributed by atoms with Crippen LogP contribution < -0.4 is 0 Å². The van der Waals surface area contributed by atoms with Crippen LogP contribution >= 0.6 is 23.5 Å². The molecule has 2 unspecified atom stereocenters. The second-order valence-electron chi connectivity index (χ2n) is 2.74. The summed E-state index contributed by atoms with van der Waals surface area (Å²) < 4.78 is 0.429. The van der Waals surface area contributed by atoms with Crippen LogP contribution in [0.5, 0.6) is 0 Å². The lowest BCUT2D eigenvalue weighted by atomic mass is 10.3. The van der Waals surface area contributed by atoms with E-state index in [1.165, 1.54) is 6.42 Å². The Morgan fingerprint density at radius 2 is 1.80 bits per heavy atom. The maximum absolute atomic E-state index is 8.88. The summed E-state index contributed by atoms with van der Waals surface area (Å²) in [6.45, 7) is 4.80. The SMILES string of the molecule is CC1CC(C)SC(CO)S1. The molecule has 0 aromatic heterocycles. The first-order valence-corrected chi connectivity index (χ1v) is 5.52. The molecule has 0 radical (unpaired) electrons. The van der Waals surface area contributed by atoms with Gasteiger partial charge in [-0.1, -0.05) is 13.8 Å². The average Bonchev–Trinajstić information content (AvgIpc) is 1.85. The molecule has 0 aromatic rings. The fraction of sp³-hybridized carbons (Fsp3) is 1.00. The van der Waals surface area contributed by atoms with Crippen molar-refractivity contribution in [1.82, 2.24) is 0 Å². The van der Waals surface area contributed by atoms with Crippen molar-refractivity contribution in [1.29, 1.82) is 0 Å². The summed E-state index contributed by atoms with van der Waals surface area (Å²) >= 11 is 3.81. The van der Waals surface area contributed by atoms with Crippen LogP contribution in [-0.2, 0) is 0 Å². The first kappa shape index (κ1) is 8.75. The molecule has 0 aromatic carbocycles. The third-order valence-corrected chi connectivity index (χ3v) is 4.47. The summed E-state index contributed by atoms with van der Waals surface area (Å²) in [5, 5.41) is 10.3. The molecule has 1 nitrogen and oxygen atoms in total. The van der Waals surface area contributed by atoms with E-state index in [2.05, 4.69) is 13.8 Å². The topological polar surface area (TPSA) is 20.2 Å². The number of thioether (sulfide) groups is 2. The van der Waals surface area contributed by atoms with E-state index in [-0.39, 0.29) is 0 Å². The number of hydrogen-bond donors (Lipinski definition) is 1. The second kappa shape index (κ2) is 3.88. The van der Waals surface area contributed by atoms with E-state index in [1.54, 1.807) is 0 Å². The van der Waals surface area contributed by atoms with E-state index in [9.17, 15) is 0 Å². The Bertz CT molecular complexity index is 97.8. The van der Waals surface area contributed by atoms with Gasteiger partial charge in [0.05, 0.1) is 11.2 Å². The lowest BCUT2D eigenvalue weighted by molar-refractivity contribution is 0.315. The van der Waals surface area contributed by atoms with Crippen molar-refractivity contribution in [2.24, 2.45) is 0 Å². The molecule has 1 rings (SSSR count). The normalized spacial score (nSPS) is 41.7. The smallest absolute Gasteiger partial charge is 0.0738 e. The fourth-order valence-electron chi connectivity index (χ4n) is 1.21. The zero-order chi connectivity index (χ0) is 7.56. The van der Waals surface area contributed by atoms with Crippen molar-refractivity contribution in [3.8, 4) is 0 Å². The molecule has 0 amide bonds. The minimum absolute atomic E-state index is 0.323. The van der Waals surface area contributed by atoms with E-state index in [0.29, 0.717) is 11.2 Å². The van der Waals surface area contributed by atoms with Gasteiger partial charge in [0, 0.05) is 10.5 Å². The lowest BCUT2D eigenvalue weighted by Gasteiger charge is -2.29. The van der Waals surface area contributed by atoms with Crippen molar-refractivity contribution in [2.75, 3.05) is 6.61 Å². The molecule has 1 saturated heterocycles. The summed E-state index contributed by atoms with van der Waals surface area (Å²) in [7, 11) is 0. The van der Waals surface area contributed by atoms with Crippen LogP contribution in [0.25, 0.3) is 0 Å². The zero-order valence-corrected chi connectivity index (χ0v) is 8.04. The Balaban J connectivity index is 2.35. The van der Waals surface area contributed by atoms with Crippen LogP contribution in [0.3, 0.4) is 0 Å².